The van der Waals surface area contributed by atoms with Crippen molar-refractivity contribution in [2.24, 2.45) is 0 Å². The lowest BCUT2D eigenvalue weighted by atomic mass is 10.2. The predicted molar refractivity (Wildman–Crippen MR) is 62.4 cm³/mol. The van der Waals surface area contributed by atoms with E-state index in [9.17, 15) is 4.79 Å². The smallest absolute Gasteiger partial charge is 0.329 e. The van der Waals surface area contributed by atoms with E-state index < -0.39 is 5.97 Å². The molecule has 0 spiro atoms. The van der Waals surface area contributed by atoms with Crippen molar-refractivity contribution in [3.8, 4) is 11.5 Å². The monoisotopic (exact) mass is 302 g/mol. The summed E-state index contributed by atoms with van der Waals surface area (Å²) >= 11 is 3.38. The molecule has 0 atom stereocenters. The third-order valence-corrected chi connectivity index (χ3v) is 2.93. The lowest BCUT2D eigenvalue weighted by Gasteiger charge is -2.19. The number of hydrogen-bond donors (Lipinski definition) is 1. The molecule has 1 aromatic carbocycles. The molecule has 1 aliphatic heterocycles. The van der Waals surface area contributed by atoms with Crippen LogP contribution in [0.1, 0.15) is 5.56 Å². The first kappa shape index (κ1) is 12.2. The van der Waals surface area contributed by atoms with Gasteiger partial charge >= 0.3 is 5.97 Å². The average molecular weight is 303 g/mol. The number of ether oxygens (including phenoxy) is 3. The Morgan fingerprint density at radius 1 is 1.35 bits per heavy atom. The fraction of sp³-hybridized carbons (Fsp3) is 0.364. The number of hydrogen-bond acceptors (Lipinski definition) is 4. The number of carboxylic acid groups (broad SMARTS) is 1. The van der Waals surface area contributed by atoms with Gasteiger partial charge in [0.1, 0.15) is 19.8 Å². The van der Waals surface area contributed by atoms with E-state index >= 15 is 0 Å². The molecule has 0 bridgehead atoms. The molecular weight excluding hydrogens is 292 g/mol. The van der Waals surface area contributed by atoms with E-state index in [2.05, 4.69) is 15.9 Å². The molecule has 2 rings (SSSR count). The minimum absolute atomic E-state index is 0.212. The number of benzene rings is 1. The molecule has 1 aromatic rings. The van der Waals surface area contributed by atoms with Crippen molar-refractivity contribution in [1.82, 2.24) is 0 Å². The summed E-state index contributed by atoms with van der Waals surface area (Å²) in [7, 11) is 0. The molecular formula is C11H11BrO5. The largest absolute Gasteiger partial charge is 0.486 e. The molecule has 17 heavy (non-hydrogen) atoms. The molecule has 0 saturated carbocycles. The zero-order valence-corrected chi connectivity index (χ0v) is 10.5. The SMILES string of the molecule is O=C(O)COCc1cc2c(cc1Br)OCCO2. The van der Waals surface area contributed by atoms with E-state index in [4.69, 9.17) is 19.3 Å². The average Bonchev–Trinajstić information content (AvgIpc) is 2.29. The Bertz CT molecular complexity index is 432. The van der Waals surface area contributed by atoms with Gasteiger partial charge in [0.2, 0.25) is 0 Å². The maximum Gasteiger partial charge on any atom is 0.329 e. The van der Waals surface area contributed by atoms with Gasteiger partial charge in [-0.25, -0.2) is 4.79 Å². The highest BCUT2D eigenvalue weighted by Gasteiger charge is 2.14. The molecule has 0 saturated heterocycles. The van der Waals surface area contributed by atoms with Gasteiger partial charge in [0, 0.05) is 4.47 Å². The quantitative estimate of drug-likeness (QED) is 0.919. The van der Waals surface area contributed by atoms with Crippen molar-refractivity contribution in [3.63, 3.8) is 0 Å². The van der Waals surface area contributed by atoms with Crippen LogP contribution in [0.25, 0.3) is 0 Å². The van der Waals surface area contributed by atoms with Gasteiger partial charge in [0.25, 0.3) is 0 Å². The van der Waals surface area contributed by atoms with Crippen molar-refractivity contribution in [1.29, 1.82) is 0 Å². The summed E-state index contributed by atoms with van der Waals surface area (Å²) in [5.41, 5.74) is 0.829. The molecule has 92 valence electrons. The van der Waals surface area contributed by atoms with Crippen LogP contribution in [0.2, 0.25) is 0 Å². The van der Waals surface area contributed by atoms with Crippen molar-refractivity contribution in [3.05, 3.63) is 22.2 Å². The van der Waals surface area contributed by atoms with Crippen molar-refractivity contribution in [2.75, 3.05) is 19.8 Å². The highest BCUT2D eigenvalue weighted by Crippen LogP contribution is 2.35. The summed E-state index contributed by atoms with van der Waals surface area (Å²) in [6, 6.07) is 3.59. The minimum Gasteiger partial charge on any atom is -0.486 e. The molecule has 6 heteroatoms. The van der Waals surface area contributed by atoms with E-state index in [0.29, 0.717) is 24.7 Å². The summed E-state index contributed by atoms with van der Waals surface area (Å²) < 4.78 is 16.7. The second-order valence-electron chi connectivity index (χ2n) is 3.47. The highest BCUT2D eigenvalue weighted by molar-refractivity contribution is 9.10. The normalized spacial score (nSPS) is 13.5. The van der Waals surface area contributed by atoms with E-state index in [0.717, 1.165) is 10.0 Å². The molecule has 5 nitrogen and oxygen atoms in total. The van der Waals surface area contributed by atoms with Crippen molar-refractivity contribution >= 4 is 21.9 Å². The van der Waals surface area contributed by atoms with Crippen LogP contribution in [0.5, 0.6) is 11.5 Å². The molecule has 0 aromatic heterocycles. The molecule has 1 heterocycles. The number of carboxylic acids is 1. The van der Waals surface area contributed by atoms with Crippen LogP contribution in [0.4, 0.5) is 0 Å². The maximum absolute atomic E-state index is 10.3. The minimum atomic E-state index is -0.987. The van der Waals surface area contributed by atoms with Crippen LogP contribution in [0.3, 0.4) is 0 Å². The summed E-state index contributed by atoms with van der Waals surface area (Å²) in [4.78, 5) is 10.3. The van der Waals surface area contributed by atoms with Crippen LogP contribution in [-0.4, -0.2) is 30.9 Å². The number of aliphatic carboxylic acids is 1. The summed E-state index contributed by atoms with van der Waals surface area (Å²) in [6.45, 7) is 0.947. The van der Waals surface area contributed by atoms with Gasteiger partial charge in [0.15, 0.2) is 11.5 Å². The van der Waals surface area contributed by atoms with E-state index in [1.54, 1.807) is 12.1 Å². The number of halogens is 1. The van der Waals surface area contributed by atoms with Gasteiger partial charge in [-0.2, -0.15) is 0 Å². The molecule has 1 N–H and O–H groups in total. The summed E-state index contributed by atoms with van der Waals surface area (Å²) in [5, 5.41) is 8.47. The van der Waals surface area contributed by atoms with Gasteiger partial charge in [-0.05, 0) is 17.7 Å². The molecule has 0 aliphatic carbocycles. The standard InChI is InChI=1S/C11H11BrO5/c12-8-4-10-9(16-1-2-17-10)3-7(8)5-15-6-11(13)14/h3-4H,1-2,5-6H2,(H,13,14). The third-order valence-electron chi connectivity index (χ3n) is 2.19. The Hall–Kier alpha value is -1.27. The molecule has 0 fully saturated rings. The van der Waals surface area contributed by atoms with Crippen molar-refractivity contribution < 1.29 is 24.1 Å². The molecule has 0 radical (unpaired) electrons. The predicted octanol–water partition coefficient (Wildman–Crippen LogP) is 1.82. The lowest BCUT2D eigenvalue weighted by Crippen LogP contribution is -2.15. The van der Waals surface area contributed by atoms with E-state index in [1.807, 2.05) is 0 Å². The van der Waals surface area contributed by atoms with Gasteiger partial charge in [-0.1, -0.05) is 15.9 Å². The number of rotatable bonds is 4. The molecule has 1 aliphatic rings. The first-order valence-electron chi connectivity index (χ1n) is 5.04. The Kier molecular flexibility index (Phi) is 3.86. The summed E-state index contributed by atoms with van der Waals surface area (Å²) in [5.74, 6) is 0.358. The lowest BCUT2D eigenvalue weighted by molar-refractivity contribution is -0.142. The maximum atomic E-state index is 10.3. The van der Waals surface area contributed by atoms with E-state index in [-0.39, 0.29) is 13.2 Å². The number of carbonyl (C=O) groups is 1. The Morgan fingerprint density at radius 2 is 2.00 bits per heavy atom. The van der Waals surface area contributed by atoms with Crippen LogP contribution in [-0.2, 0) is 16.1 Å². The first-order chi connectivity index (χ1) is 8.16. The van der Waals surface area contributed by atoms with Crippen LogP contribution >= 0.6 is 15.9 Å². The van der Waals surface area contributed by atoms with Gasteiger partial charge in [0.05, 0.1) is 6.61 Å². The zero-order chi connectivity index (χ0) is 12.3. The van der Waals surface area contributed by atoms with Gasteiger partial charge in [-0.15, -0.1) is 0 Å². The molecule has 0 amide bonds. The second kappa shape index (κ2) is 5.37. The Labute approximate surface area is 106 Å². The van der Waals surface area contributed by atoms with Crippen LogP contribution < -0.4 is 9.47 Å². The fourth-order valence-electron chi connectivity index (χ4n) is 1.46. The second-order valence-corrected chi connectivity index (χ2v) is 4.33. The van der Waals surface area contributed by atoms with Crippen LogP contribution in [0.15, 0.2) is 16.6 Å². The Morgan fingerprint density at radius 3 is 2.65 bits per heavy atom. The van der Waals surface area contributed by atoms with Gasteiger partial charge < -0.3 is 19.3 Å². The third kappa shape index (κ3) is 3.10. The Balaban J connectivity index is 2.09. The fourth-order valence-corrected chi connectivity index (χ4v) is 1.90. The van der Waals surface area contributed by atoms with Gasteiger partial charge in [-0.3, -0.25) is 0 Å². The highest BCUT2D eigenvalue weighted by atomic mass is 79.9. The van der Waals surface area contributed by atoms with E-state index in [1.165, 1.54) is 0 Å². The number of fused-ring (bicyclic) bond motifs is 1. The first-order valence-corrected chi connectivity index (χ1v) is 5.83. The topological polar surface area (TPSA) is 65.0 Å². The summed E-state index contributed by atoms with van der Waals surface area (Å²) in [6.07, 6.45) is 0. The molecule has 0 unspecified atom stereocenters. The van der Waals surface area contributed by atoms with Crippen molar-refractivity contribution in [2.45, 2.75) is 6.61 Å². The van der Waals surface area contributed by atoms with Crippen LogP contribution in [0, 0.1) is 0 Å². The zero-order valence-electron chi connectivity index (χ0n) is 8.94.